The van der Waals surface area contributed by atoms with E-state index < -0.39 is 0 Å². The van der Waals surface area contributed by atoms with Crippen molar-refractivity contribution in [3.63, 3.8) is 0 Å². The van der Waals surface area contributed by atoms with Crippen LogP contribution in [0, 0.1) is 12.8 Å². The minimum atomic E-state index is -0.157. The summed E-state index contributed by atoms with van der Waals surface area (Å²) in [5.41, 5.74) is 6.50. The van der Waals surface area contributed by atoms with E-state index in [1.165, 1.54) is 18.4 Å². The monoisotopic (exact) mass is 533 g/mol. The maximum Gasteiger partial charge on any atom is 0.255 e. The van der Waals surface area contributed by atoms with E-state index in [1.807, 2.05) is 67.6 Å². The van der Waals surface area contributed by atoms with Gasteiger partial charge in [-0.15, -0.1) is 0 Å². The molecule has 5 rings (SSSR count). The van der Waals surface area contributed by atoms with E-state index in [0.717, 1.165) is 34.7 Å². The molecule has 3 N–H and O–H groups in total. The number of nitrogens with one attached hydrogen (secondary N) is 3. The van der Waals surface area contributed by atoms with Crippen molar-refractivity contribution < 1.29 is 9.59 Å². The third-order valence-corrected chi connectivity index (χ3v) is 7.18. The molecule has 1 aromatic heterocycles. The van der Waals surface area contributed by atoms with Crippen LogP contribution in [0.4, 0.5) is 17.3 Å². The van der Waals surface area contributed by atoms with Crippen molar-refractivity contribution in [3.05, 3.63) is 101 Å². The summed E-state index contributed by atoms with van der Waals surface area (Å²) >= 11 is 0. The van der Waals surface area contributed by atoms with Gasteiger partial charge in [-0.05, 0) is 90.8 Å². The fraction of sp³-hybridized carbons (Fsp3) is 0.273. The topological polar surface area (TPSA) is 96.0 Å². The van der Waals surface area contributed by atoms with Gasteiger partial charge in [0.25, 0.3) is 11.8 Å². The van der Waals surface area contributed by atoms with E-state index in [2.05, 4.69) is 41.7 Å². The lowest BCUT2D eigenvalue weighted by molar-refractivity contribution is 0.0951. The first kappa shape index (κ1) is 27.1. The molecule has 2 amide bonds. The number of aromatic nitrogens is 2. The third kappa shape index (κ3) is 6.54. The van der Waals surface area contributed by atoms with E-state index >= 15 is 0 Å². The second kappa shape index (κ2) is 11.3. The fourth-order valence-corrected chi connectivity index (χ4v) is 4.43. The van der Waals surface area contributed by atoms with E-state index in [4.69, 9.17) is 4.98 Å². The zero-order valence-corrected chi connectivity index (χ0v) is 23.4. The highest BCUT2D eigenvalue weighted by Gasteiger charge is 2.22. The number of amides is 2. The molecule has 40 heavy (non-hydrogen) atoms. The van der Waals surface area contributed by atoms with Gasteiger partial charge in [0.1, 0.15) is 0 Å². The number of rotatable bonds is 8. The lowest BCUT2D eigenvalue weighted by Gasteiger charge is -2.19. The number of hydrogen-bond acceptors (Lipinski definition) is 5. The average Bonchev–Trinajstić information content (AvgIpc) is 3.78. The second-order valence-electron chi connectivity index (χ2n) is 11.4. The first-order valence-corrected chi connectivity index (χ1v) is 13.7. The zero-order valence-electron chi connectivity index (χ0n) is 23.4. The van der Waals surface area contributed by atoms with Gasteiger partial charge in [0.2, 0.25) is 5.95 Å². The summed E-state index contributed by atoms with van der Waals surface area (Å²) in [4.78, 5) is 34.4. The van der Waals surface area contributed by atoms with Crippen molar-refractivity contribution in [3.8, 4) is 11.3 Å². The van der Waals surface area contributed by atoms with Gasteiger partial charge in [-0.3, -0.25) is 9.59 Å². The molecule has 4 aromatic rings. The van der Waals surface area contributed by atoms with E-state index in [-0.39, 0.29) is 17.2 Å². The Kier molecular flexibility index (Phi) is 7.65. The fourth-order valence-electron chi connectivity index (χ4n) is 4.43. The summed E-state index contributed by atoms with van der Waals surface area (Å²) in [6.07, 6.45) is 4.10. The molecule has 1 aliphatic rings. The molecule has 0 spiro atoms. The third-order valence-electron chi connectivity index (χ3n) is 7.18. The molecule has 0 bridgehead atoms. The number of carbonyl (C=O) groups excluding carboxylic acids is 2. The van der Waals surface area contributed by atoms with Crippen LogP contribution < -0.4 is 16.0 Å². The Morgan fingerprint density at radius 1 is 0.875 bits per heavy atom. The number of hydrogen-bond donors (Lipinski definition) is 3. The van der Waals surface area contributed by atoms with Crippen LogP contribution in [0.15, 0.2) is 79.0 Å². The molecule has 0 atom stereocenters. The molecule has 0 radical (unpaired) electrons. The van der Waals surface area contributed by atoms with Gasteiger partial charge >= 0.3 is 0 Å². The summed E-state index contributed by atoms with van der Waals surface area (Å²) < 4.78 is 0. The number of anilines is 3. The first-order chi connectivity index (χ1) is 19.2. The van der Waals surface area contributed by atoms with Gasteiger partial charge in [-0.2, -0.15) is 0 Å². The Morgan fingerprint density at radius 2 is 1.55 bits per heavy atom. The molecule has 3 aromatic carbocycles. The summed E-state index contributed by atoms with van der Waals surface area (Å²) in [5.74, 6) is 0.869. The van der Waals surface area contributed by atoms with Crippen LogP contribution in [0.5, 0.6) is 0 Å². The molecule has 1 aliphatic carbocycles. The molecule has 7 heteroatoms. The number of nitrogens with zero attached hydrogens (tertiary/aromatic N) is 2. The Labute approximate surface area is 235 Å². The van der Waals surface area contributed by atoms with Gasteiger partial charge in [-0.25, -0.2) is 9.97 Å². The van der Waals surface area contributed by atoms with Crippen LogP contribution >= 0.6 is 0 Å². The predicted octanol–water partition coefficient (Wildman–Crippen LogP) is 6.89. The first-order valence-electron chi connectivity index (χ1n) is 13.7. The molecule has 0 unspecified atom stereocenters. The average molecular weight is 534 g/mol. The molecule has 0 saturated heterocycles. The highest BCUT2D eigenvalue weighted by Crippen LogP contribution is 2.29. The largest absolute Gasteiger partial charge is 0.352 e. The van der Waals surface area contributed by atoms with Gasteiger partial charge in [-0.1, -0.05) is 45.0 Å². The summed E-state index contributed by atoms with van der Waals surface area (Å²) in [6.45, 7) is 9.17. The van der Waals surface area contributed by atoms with Crippen LogP contribution in [-0.4, -0.2) is 28.3 Å². The van der Waals surface area contributed by atoms with Crippen molar-refractivity contribution in [1.29, 1.82) is 0 Å². The van der Waals surface area contributed by atoms with Gasteiger partial charge < -0.3 is 16.0 Å². The minimum Gasteiger partial charge on any atom is -0.352 e. The van der Waals surface area contributed by atoms with E-state index in [0.29, 0.717) is 23.0 Å². The van der Waals surface area contributed by atoms with Gasteiger partial charge in [0.05, 0.1) is 5.69 Å². The van der Waals surface area contributed by atoms with E-state index in [1.54, 1.807) is 18.3 Å². The molecule has 1 fully saturated rings. The van der Waals surface area contributed by atoms with Crippen LogP contribution in [-0.2, 0) is 5.41 Å². The Balaban J connectivity index is 1.27. The van der Waals surface area contributed by atoms with Crippen LogP contribution in [0.25, 0.3) is 11.3 Å². The summed E-state index contributed by atoms with van der Waals surface area (Å²) in [7, 11) is 0. The quantitative estimate of drug-likeness (QED) is 0.229. The standard InChI is InChI=1S/C33H35N5O2/c1-21-27(6-5-7-28(21)37-31(40)24-10-14-25(15-11-24)33(2,3)4)29-18-19-34-32(38-29)36-26-16-12-23(13-17-26)30(39)35-20-22-8-9-22/h5-7,10-19,22H,8-9,20H2,1-4H3,(H,35,39)(H,37,40)(H,34,36,38). The maximum atomic E-state index is 13.0. The van der Waals surface area contributed by atoms with Gasteiger partial charge in [0.15, 0.2) is 0 Å². The Morgan fingerprint density at radius 3 is 2.23 bits per heavy atom. The highest BCUT2D eigenvalue weighted by molar-refractivity contribution is 6.05. The highest BCUT2D eigenvalue weighted by atomic mass is 16.2. The molecular weight excluding hydrogens is 498 g/mol. The number of carbonyl (C=O) groups is 2. The molecule has 1 saturated carbocycles. The van der Waals surface area contributed by atoms with Crippen molar-refractivity contribution in [2.75, 3.05) is 17.2 Å². The Hall–Kier alpha value is -4.52. The van der Waals surface area contributed by atoms with Gasteiger partial charge in [0, 0.05) is 40.8 Å². The Bertz CT molecular complexity index is 1520. The number of benzene rings is 3. The molecule has 0 aliphatic heterocycles. The maximum absolute atomic E-state index is 13.0. The van der Waals surface area contributed by atoms with Crippen LogP contribution in [0.1, 0.15) is 65.5 Å². The molecular formula is C33H35N5O2. The SMILES string of the molecule is Cc1c(NC(=O)c2ccc(C(C)(C)C)cc2)cccc1-c1ccnc(Nc2ccc(C(=O)NCC3CC3)cc2)n1. The minimum absolute atomic E-state index is 0.0280. The van der Waals surface area contributed by atoms with Crippen molar-refractivity contribution in [1.82, 2.24) is 15.3 Å². The molecule has 1 heterocycles. The van der Waals surface area contributed by atoms with Crippen molar-refractivity contribution in [2.45, 2.75) is 46.0 Å². The predicted molar refractivity (Wildman–Crippen MR) is 160 cm³/mol. The van der Waals surface area contributed by atoms with E-state index in [9.17, 15) is 9.59 Å². The smallest absolute Gasteiger partial charge is 0.255 e. The lowest BCUT2D eigenvalue weighted by atomic mass is 9.86. The second-order valence-corrected chi connectivity index (χ2v) is 11.4. The summed E-state index contributed by atoms with van der Waals surface area (Å²) in [5, 5.41) is 9.25. The molecule has 7 nitrogen and oxygen atoms in total. The molecule has 204 valence electrons. The zero-order chi connectivity index (χ0) is 28.3. The normalized spacial score (nSPS) is 13.0. The van der Waals surface area contributed by atoms with Crippen molar-refractivity contribution in [2.24, 2.45) is 5.92 Å². The lowest BCUT2D eigenvalue weighted by Crippen LogP contribution is -2.25. The van der Waals surface area contributed by atoms with Crippen LogP contribution in [0.2, 0.25) is 0 Å². The van der Waals surface area contributed by atoms with Crippen LogP contribution in [0.3, 0.4) is 0 Å². The van der Waals surface area contributed by atoms with Crippen molar-refractivity contribution >= 4 is 29.1 Å². The summed E-state index contributed by atoms with van der Waals surface area (Å²) in [6, 6.07) is 22.6.